The third-order valence-corrected chi connectivity index (χ3v) is 4.04. The maximum Gasteiger partial charge on any atom is 0.0175 e. The number of nitrogens with one attached hydrogen (secondary N) is 1. The van der Waals surface area contributed by atoms with Gasteiger partial charge in [-0.25, -0.2) is 0 Å². The van der Waals surface area contributed by atoms with E-state index in [0.717, 1.165) is 18.9 Å². The lowest BCUT2D eigenvalue weighted by Crippen LogP contribution is -2.31. The van der Waals surface area contributed by atoms with Crippen molar-refractivity contribution in [1.29, 1.82) is 0 Å². The first-order chi connectivity index (χ1) is 8.28. The van der Waals surface area contributed by atoms with Crippen LogP contribution in [0.5, 0.6) is 0 Å². The Hall–Kier alpha value is -0.340. The summed E-state index contributed by atoms with van der Waals surface area (Å²) in [7, 11) is 0. The van der Waals surface area contributed by atoms with Gasteiger partial charge in [-0.1, -0.05) is 47.8 Å². The molecule has 0 saturated heterocycles. The molecule has 1 unspecified atom stereocenters. The summed E-state index contributed by atoms with van der Waals surface area (Å²) in [5.41, 5.74) is 1.44. The fourth-order valence-corrected chi connectivity index (χ4v) is 2.58. The van der Waals surface area contributed by atoms with Crippen LogP contribution in [-0.2, 0) is 6.42 Å². The minimum atomic E-state index is 0.654. The van der Waals surface area contributed by atoms with Crippen molar-refractivity contribution >= 4 is 15.9 Å². The highest BCUT2D eigenvalue weighted by Gasteiger charge is 2.22. The molecule has 1 fully saturated rings. The molecule has 0 aromatic heterocycles. The third kappa shape index (κ3) is 4.81. The molecule has 2 heteroatoms. The topological polar surface area (TPSA) is 12.0 Å². The molecule has 1 aromatic rings. The van der Waals surface area contributed by atoms with Crippen molar-refractivity contribution in [2.75, 3.05) is 6.54 Å². The van der Waals surface area contributed by atoms with E-state index >= 15 is 0 Å². The minimum absolute atomic E-state index is 0.654. The van der Waals surface area contributed by atoms with Gasteiger partial charge in [0.15, 0.2) is 0 Å². The molecule has 0 aliphatic heterocycles. The van der Waals surface area contributed by atoms with Crippen molar-refractivity contribution in [2.45, 2.75) is 45.1 Å². The van der Waals surface area contributed by atoms with Crippen LogP contribution in [0, 0.1) is 5.92 Å². The lowest BCUT2D eigenvalue weighted by molar-refractivity contribution is 0.462. The van der Waals surface area contributed by atoms with Crippen LogP contribution >= 0.6 is 15.9 Å². The molecule has 0 heterocycles. The van der Waals surface area contributed by atoms with Gasteiger partial charge in [0, 0.05) is 10.5 Å². The van der Waals surface area contributed by atoms with E-state index in [1.807, 2.05) is 0 Å². The smallest absolute Gasteiger partial charge is 0.0175 e. The second kappa shape index (κ2) is 6.55. The monoisotopic (exact) mass is 295 g/mol. The fraction of sp³-hybridized carbons (Fsp3) is 0.600. The quantitative estimate of drug-likeness (QED) is 0.796. The lowest BCUT2D eigenvalue weighted by atomic mass is 10.0. The highest BCUT2D eigenvalue weighted by atomic mass is 79.9. The van der Waals surface area contributed by atoms with Gasteiger partial charge in [0.1, 0.15) is 0 Å². The Morgan fingerprint density at radius 3 is 2.59 bits per heavy atom. The largest absolute Gasteiger partial charge is 0.314 e. The van der Waals surface area contributed by atoms with Gasteiger partial charge in [-0.3, -0.25) is 0 Å². The van der Waals surface area contributed by atoms with Gasteiger partial charge in [-0.2, -0.15) is 0 Å². The van der Waals surface area contributed by atoms with Crippen molar-refractivity contribution in [2.24, 2.45) is 5.92 Å². The maximum absolute atomic E-state index is 3.62. The van der Waals surface area contributed by atoms with Crippen molar-refractivity contribution in [1.82, 2.24) is 5.32 Å². The normalized spacial score (nSPS) is 17.1. The molecule has 17 heavy (non-hydrogen) atoms. The SMILES string of the molecule is CCNC(CCC1CC1)Cc1ccc(Br)cc1. The van der Waals surface area contributed by atoms with Gasteiger partial charge in [0.25, 0.3) is 0 Å². The van der Waals surface area contributed by atoms with Crippen LogP contribution in [0.3, 0.4) is 0 Å². The molecule has 1 atom stereocenters. The summed E-state index contributed by atoms with van der Waals surface area (Å²) in [6, 6.07) is 9.39. The second-order valence-electron chi connectivity index (χ2n) is 5.11. The summed E-state index contributed by atoms with van der Waals surface area (Å²) in [6.45, 7) is 3.28. The van der Waals surface area contributed by atoms with Crippen molar-refractivity contribution in [3.05, 3.63) is 34.3 Å². The molecule has 0 bridgehead atoms. The van der Waals surface area contributed by atoms with Crippen molar-refractivity contribution < 1.29 is 0 Å². The van der Waals surface area contributed by atoms with Crippen LogP contribution in [-0.4, -0.2) is 12.6 Å². The Bertz CT molecular complexity index is 329. The van der Waals surface area contributed by atoms with Crippen LogP contribution in [0.15, 0.2) is 28.7 Å². The third-order valence-electron chi connectivity index (χ3n) is 3.51. The molecule has 1 aliphatic carbocycles. The first-order valence-corrected chi connectivity index (χ1v) is 7.55. The maximum atomic E-state index is 3.62. The number of likely N-dealkylation sites (N-methyl/N-ethyl adjacent to an activating group) is 1. The summed E-state index contributed by atoms with van der Waals surface area (Å²) < 4.78 is 1.17. The van der Waals surface area contributed by atoms with Crippen LogP contribution in [0.2, 0.25) is 0 Å². The minimum Gasteiger partial charge on any atom is -0.314 e. The molecule has 1 N–H and O–H groups in total. The predicted molar refractivity (Wildman–Crippen MR) is 77.3 cm³/mol. The first-order valence-electron chi connectivity index (χ1n) is 6.75. The summed E-state index contributed by atoms with van der Waals surface area (Å²) >= 11 is 3.48. The van der Waals surface area contributed by atoms with Crippen LogP contribution < -0.4 is 5.32 Å². The van der Waals surface area contributed by atoms with E-state index in [1.165, 1.54) is 35.7 Å². The Morgan fingerprint density at radius 2 is 2.00 bits per heavy atom. The molecule has 0 spiro atoms. The van der Waals surface area contributed by atoms with Gasteiger partial charge in [-0.15, -0.1) is 0 Å². The molecule has 94 valence electrons. The molecule has 0 amide bonds. The molecule has 1 nitrogen and oxygen atoms in total. The molecular formula is C15H22BrN. The van der Waals surface area contributed by atoms with E-state index in [-0.39, 0.29) is 0 Å². The van der Waals surface area contributed by atoms with E-state index in [0.29, 0.717) is 6.04 Å². The predicted octanol–water partition coefficient (Wildman–Crippen LogP) is 4.16. The Balaban J connectivity index is 1.84. The van der Waals surface area contributed by atoms with E-state index in [9.17, 15) is 0 Å². The van der Waals surface area contributed by atoms with Crippen molar-refractivity contribution in [3.8, 4) is 0 Å². The first kappa shape index (κ1) is 13.1. The second-order valence-corrected chi connectivity index (χ2v) is 6.02. The van der Waals surface area contributed by atoms with Crippen LogP contribution in [0.4, 0.5) is 0 Å². The Labute approximate surface area is 113 Å². The molecule has 0 radical (unpaired) electrons. The van der Waals surface area contributed by atoms with E-state index < -0.39 is 0 Å². The zero-order valence-corrected chi connectivity index (χ0v) is 12.2. The number of hydrogen-bond donors (Lipinski definition) is 1. The van der Waals surface area contributed by atoms with E-state index in [2.05, 4.69) is 52.4 Å². The number of halogens is 1. The molecular weight excluding hydrogens is 274 g/mol. The zero-order chi connectivity index (χ0) is 12.1. The van der Waals surface area contributed by atoms with Gasteiger partial charge in [0.05, 0.1) is 0 Å². The highest BCUT2D eigenvalue weighted by molar-refractivity contribution is 9.10. The average Bonchev–Trinajstić information content (AvgIpc) is 3.13. The van der Waals surface area contributed by atoms with Gasteiger partial charge < -0.3 is 5.32 Å². The Morgan fingerprint density at radius 1 is 1.29 bits per heavy atom. The summed E-state index contributed by atoms with van der Waals surface area (Å²) in [5.74, 6) is 1.04. The molecule has 1 saturated carbocycles. The van der Waals surface area contributed by atoms with E-state index in [1.54, 1.807) is 0 Å². The van der Waals surface area contributed by atoms with Gasteiger partial charge >= 0.3 is 0 Å². The van der Waals surface area contributed by atoms with Crippen LogP contribution in [0.25, 0.3) is 0 Å². The van der Waals surface area contributed by atoms with Gasteiger partial charge in [-0.05, 0) is 49.4 Å². The standard InChI is InChI=1S/C15H22BrN/c1-2-17-15(10-7-12-3-4-12)11-13-5-8-14(16)9-6-13/h5-6,8-9,12,15,17H,2-4,7,10-11H2,1H3. The summed E-state index contributed by atoms with van der Waals surface area (Å²) in [4.78, 5) is 0. The van der Waals surface area contributed by atoms with E-state index in [4.69, 9.17) is 0 Å². The zero-order valence-electron chi connectivity index (χ0n) is 10.6. The van der Waals surface area contributed by atoms with Crippen molar-refractivity contribution in [3.63, 3.8) is 0 Å². The average molecular weight is 296 g/mol. The molecule has 2 rings (SSSR count). The number of rotatable bonds is 7. The van der Waals surface area contributed by atoms with Gasteiger partial charge in [0.2, 0.25) is 0 Å². The Kier molecular flexibility index (Phi) is 5.05. The lowest BCUT2D eigenvalue weighted by Gasteiger charge is -2.18. The number of hydrogen-bond acceptors (Lipinski definition) is 1. The van der Waals surface area contributed by atoms with Crippen LogP contribution in [0.1, 0.15) is 38.2 Å². The summed E-state index contributed by atoms with van der Waals surface area (Å²) in [6.07, 6.45) is 6.84. The molecule has 1 aliphatic rings. The highest BCUT2D eigenvalue weighted by Crippen LogP contribution is 2.34. The molecule has 1 aromatic carbocycles. The summed E-state index contributed by atoms with van der Waals surface area (Å²) in [5, 5.41) is 3.62. The number of benzene rings is 1. The fourth-order valence-electron chi connectivity index (χ4n) is 2.31.